The van der Waals surface area contributed by atoms with E-state index in [2.05, 4.69) is 15.3 Å². The van der Waals surface area contributed by atoms with Crippen LogP contribution in [-0.4, -0.2) is 17.6 Å². The molecule has 146 valence electrons. The Hall–Kier alpha value is -3.08. The monoisotopic (exact) mass is 412 g/mol. The Bertz CT molecular complexity index is 1140. The molecule has 2 aromatic carbocycles. The van der Waals surface area contributed by atoms with Crippen LogP contribution in [0.5, 0.6) is 0 Å². The standard InChI is InChI=1S/C17H12F4N4O2S/c1-11-16(23-22-14-4-2-3-12(9-14)17(19,20)21)10-25(24-11)28(26,27)15-7-5-13(18)6-8-15/h2-10H,1H3. The molecule has 3 rings (SSSR count). The molecule has 0 bridgehead atoms. The SMILES string of the molecule is Cc1nn(S(=O)(=O)c2ccc(F)cc2)cc1N=Nc1cccc(C(F)(F)F)c1. The molecule has 0 saturated carbocycles. The number of azo groups is 1. The molecular weight excluding hydrogens is 400 g/mol. The second-order valence-electron chi connectivity index (χ2n) is 5.68. The highest BCUT2D eigenvalue weighted by Crippen LogP contribution is 2.32. The van der Waals surface area contributed by atoms with Crippen LogP contribution >= 0.6 is 0 Å². The van der Waals surface area contributed by atoms with E-state index in [-0.39, 0.29) is 22.0 Å². The lowest BCUT2D eigenvalue weighted by molar-refractivity contribution is -0.137. The molecule has 28 heavy (non-hydrogen) atoms. The summed E-state index contributed by atoms with van der Waals surface area (Å²) in [7, 11) is -4.08. The fraction of sp³-hybridized carbons (Fsp3) is 0.118. The third kappa shape index (κ3) is 4.09. The molecule has 11 heteroatoms. The molecular formula is C17H12F4N4O2S. The molecule has 0 radical (unpaired) electrons. The maximum Gasteiger partial charge on any atom is 0.416 e. The lowest BCUT2D eigenvalue weighted by Crippen LogP contribution is -2.13. The van der Waals surface area contributed by atoms with E-state index in [1.807, 2.05) is 0 Å². The van der Waals surface area contributed by atoms with Gasteiger partial charge in [-0.2, -0.15) is 35.9 Å². The molecule has 3 aromatic rings. The second-order valence-corrected chi connectivity index (χ2v) is 7.48. The Morgan fingerprint density at radius 3 is 2.36 bits per heavy atom. The van der Waals surface area contributed by atoms with E-state index in [0.29, 0.717) is 4.09 Å². The zero-order chi connectivity index (χ0) is 20.5. The summed E-state index contributed by atoms with van der Waals surface area (Å²) < 4.78 is 76.9. The Balaban J connectivity index is 1.91. The molecule has 0 aliphatic carbocycles. The van der Waals surface area contributed by atoms with Gasteiger partial charge in [0.15, 0.2) is 0 Å². The van der Waals surface area contributed by atoms with Crippen molar-refractivity contribution in [3.63, 3.8) is 0 Å². The third-order valence-electron chi connectivity index (χ3n) is 3.66. The minimum Gasteiger partial charge on any atom is -0.207 e. The topological polar surface area (TPSA) is 76.7 Å². The summed E-state index contributed by atoms with van der Waals surface area (Å²) in [5.41, 5.74) is -0.678. The van der Waals surface area contributed by atoms with Crippen molar-refractivity contribution in [3.8, 4) is 0 Å². The molecule has 0 saturated heterocycles. The maximum absolute atomic E-state index is 13.0. The first-order valence-corrected chi connectivity index (χ1v) is 9.18. The van der Waals surface area contributed by atoms with E-state index in [4.69, 9.17) is 0 Å². The summed E-state index contributed by atoms with van der Waals surface area (Å²) in [4.78, 5) is -0.183. The molecule has 0 aliphatic heterocycles. The van der Waals surface area contributed by atoms with Crippen molar-refractivity contribution in [1.29, 1.82) is 0 Å². The predicted molar refractivity (Wildman–Crippen MR) is 91.6 cm³/mol. The number of hydrogen-bond acceptors (Lipinski definition) is 5. The summed E-state index contributed by atoms with van der Waals surface area (Å²) in [5.74, 6) is -0.592. The molecule has 1 heterocycles. The van der Waals surface area contributed by atoms with E-state index in [9.17, 15) is 26.0 Å². The van der Waals surface area contributed by atoms with Crippen molar-refractivity contribution < 1.29 is 26.0 Å². The van der Waals surface area contributed by atoms with Gasteiger partial charge in [0.2, 0.25) is 0 Å². The summed E-state index contributed by atoms with van der Waals surface area (Å²) >= 11 is 0. The lowest BCUT2D eigenvalue weighted by atomic mass is 10.2. The highest BCUT2D eigenvalue weighted by Gasteiger charge is 2.30. The van der Waals surface area contributed by atoms with Crippen molar-refractivity contribution in [2.45, 2.75) is 18.0 Å². The molecule has 0 atom stereocenters. The van der Waals surface area contributed by atoms with Gasteiger partial charge in [0.05, 0.1) is 28.0 Å². The largest absolute Gasteiger partial charge is 0.416 e. The van der Waals surface area contributed by atoms with Crippen LogP contribution in [0.4, 0.5) is 28.9 Å². The van der Waals surface area contributed by atoms with Gasteiger partial charge in [-0.3, -0.25) is 0 Å². The smallest absolute Gasteiger partial charge is 0.207 e. The van der Waals surface area contributed by atoms with Gasteiger partial charge in [0.1, 0.15) is 11.5 Å². The van der Waals surface area contributed by atoms with Gasteiger partial charge in [0.25, 0.3) is 10.0 Å². The van der Waals surface area contributed by atoms with Crippen LogP contribution in [0.2, 0.25) is 0 Å². The van der Waals surface area contributed by atoms with Crippen LogP contribution in [0.3, 0.4) is 0 Å². The van der Waals surface area contributed by atoms with Gasteiger partial charge in [-0.15, -0.1) is 5.11 Å². The van der Waals surface area contributed by atoms with Gasteiger partial charge in [-0.1, -0.05) is 6.07 Å². The van der Waals surface area contributed by atoms with Crippen molar-refractivity contribution >= 4 is 21.4 Å². The van der Waals surface area contributed by atoms with Crippen molar-refractivity contribution in [2.75, 3.05) is 0 Å². The number of nitrogens with zero attached hydrogens (tertiary/aromatic N) is 4. The average molecular weight is 412 g/mol. The number of aromatic nitrogens is 2. The van der Waals surface area contributed by atoms with E-state index in [1.165, 1.54) is 19.1 Å². The minimum absolute atomic E-state index is 0.0524. The van der Waals surface area contributed by atoms with Crippen LogP contribution < -0.4 is 0 Å². The molecule has 0 amide bonds. The number of hydrogen-bond donors (Lipinski definition) is 0. The molecule has 0 N–H and O–H groups in total. The maximum atomic E-state index is 13.0. The number of benzene rings is 2. The summed E-state index contributed by atoms with van der Waals surface area (Å²) in [6, 6.07) is 8.41. The van der Waals surface area contributed by atoms with E-state index in [1.54, 1.807) is 0 Å². The Kier molecular flexibility index (Phi) is 5.02. The zero-order valence-corrected chi connectivity index (χ0v) is 15.0. The summed E-state index contributed by atoms with van der Waals surface area (Å²) in [6.45, 7) is 1.47. The van der Waals surface area contributed by atoms with Gasteiger partial charge in [-0.05, 0) is 49.4 Å². The molecule has 6 nitrogen and oxygen atoms in total. The second kappa shape index (κ2) is 7.15. The van der Waals surface area contributed by atoms with Crippen LogP contribution in [0.1, 0.15) is 11.3 Å². The quantitative estimate of drug-likeness (QED) is 0.447. The van der Waals surface area contributed by atoms with Crippen molar-refractivity contribution in [2.24, 2.45) is 10.2 Å². The lowest BCUT2D eigenvalue weighted by Gasteiger charge is -2.05. The Morgan fingerprint density at radius 1 is 1.04 bits per heavy atom. The molecule has 0 aliphatic rings. The van der Waals surface area contributed by atoms with Crippen molar-refractivity contribution in [3.05, 3.63) is 71.8 Å². The fourth-order valence-corrected chi connectivity index (χ4v) is 3.38. The number of aryl methyl sites for hydroxylation is 1. The molecule has 0 spiro atoms. The number of halogens is 4. The Labute approximate surface area is 157 Å². The van der Waals surface area contributed by atoms with Crippen LogP contribution in [0, 0.1) is 12.7 Å². The number of alkyl halides is 3. The Morgan fingerprint density at radius 2 is 1.71 bits per heavy atom. The van der Waals surface area contributed by atoms with Crippen molar-refractivity contribution in [1.82, 2.24) is 9.19 Å². The minimum atomic E-state index is -4.52. The first-order valence-electron chi connectivity index (χ1n) is 7.74. The molecule has 0 unspecified atom stereocenters. The molecule has 1 aromatic heterocycles. The number of rotatable bonds is 4. The highest BCUT2D eigenvalue weighted by atomic mass is 32.2. The van der Waals surface area contributed by atoms with E-state index < -0.39 is 27.6 Å². The highest BCUT2D eigenvalue weighted by molar-refractivity contribution is 7.89. The predicted octanol–water partition coefficient (Wildman–Crippen LogP) is 5.00. The van der Waals surface area contributed by atoms with Gasteiger partial charge in [0, 0.05) is 0 Å². The van der Waals surface area contributed by atoms with E-state index in [0.717, 1.165) is 42.6 Å². The van der Waals surface area contributed by atoms with Crippen LogP contribution in [0.25, 0.3) is 0 Å². The first-order chi connectivity index (χ1) is 13.1. The first kappa shape index (κ1) is 19.7. The third-order valence-corrected chi connectivity index (χ3v) is 5.20. The molecule has 0 fully saturated rings. The average Bonchev–Trinajstić information content (AvgIpc) is 3.01. The normalized spacial score (nSPS) is 12.6. The van der Waals surface area contributed by atoms with E-state index >= 15 is 0 Å². The summed E-state index contributed by atoms with van der Waals surface area (Å²) in [6.07, 6.45) is -3.44. The summed E-state index contributed by atoms with van der Waals surface area (Å²) in [5, 5.41) is 11.4. The van der Waals surface area contributed by atoms with Crippen LogP contribution in [0.15, 0.2) is 69.9 Å². The van der Waals surface area contributed by atoms with Crippen LogP contribution in [-0.2, 0) is 16.2 Å². The van der Waals surface area contributed by atoms with Gasteiger partial charge < -0.3 is 0 Å². The van der Waals surface area contributed by atoms with Gasteiger partial charge in [-0.25, -0.2) is 4.39 Å². The fourth-order valence-electron chi connectivity index (χ4n) is 2.22. The zero-order valence-electron chi connectivity index (χ0n) is 14.2. The van der Waals surface area contributed by atoms with Gasteiger partial charge >= 0.3 is 6.18 Å².